The van der Waals surface area contributed by atoms with Crippen molar-refractivity contribution >= 4 is 17.7 Å². The summed E-state index contributed by atoms with van der Waals surface area (Å²) in [5.41, 5.74) is -0.0107. The Morgan fingerprint density at radius 1 is 0.871 bits per heavy atom. The molecule has 0 aromatic rings. The molecule has 0 saturated heterocycles. The van der Waals surface area contributed by atoms with Crippen molar-refractivity contribution in [1.29, 1.82) is 0 Å². The summed E-state index contributed by atoms with van der Waals surface area (Å²) in [4.78, 5) is 36.3. The van der Waals surface area contributed by atoms with Crippen LogP contribution < -0.4 is 0 Å². The normalized spacial score (nSPS) is 48.7. The predicted molar refractivity (Wildman–Crippen MR) is 117 cm³/mol. The molecule has 0 N–H and O–H groups in total. The van der Waals surface area contributed by atoms with Crippen molar-refractivity contribution in [3.63, 3.8) is 0 Å². The van der Waals surface area contributed by atoms with Crippen molar-refractivity contribution in [3.05, 3.63) is 0 Å². The number of fused-ring (bicyclic) bond motifs is 5. The van der Waals surface area contributed by atoms with Gasteiger partial charge in [0, 0.05) is 25.7 Å². The Kier molecular flexibility index (Phi) is 5.79. The number of ether oxygens (including phenoxy) is 2. The van der Waals surface area contributed by atoms with Gasteiger partial charge in [0.2, 0.25) is 0 Å². The second-order valence-electron chi connectivity index (χ2n) is 11.7. The van der Waals surface area contributed by atoms with Gasteiger partial charge in [0.1, 0.15) is 18.0 Å². The summed E-state index contributed by atoms with van der Waals surface area (Å²) in [5.74, 6) is 2.13. The summed E-state index contributed by atoms with van der Waals surface area (Å²) in [7, 11) is 0. The van der Waals surface area contributed by atoms with E-state index in [9.17, 15) is 14.4 Å². The van der Waals surface area contributed by atoms with Gasteiger partial charge in [0.25, 0.3) is 0 Å². The number of hydrogen-bond acceptors (Lipinski definition) is 5. The summed E-state index contributed by atoms with van der Waals surface area (Å²) in [6, 6.07) is 0. The molecule has 4 rings (SSSR count). The first-order valence-electron chi connectivity index (χ1n) is 12.3. The van der Waals surface area contributed by atoms with Crippen LogP contribution in [0.1, 0.15) is 86.5 Å². The third-order valence-corrected chi connectivity index (χ3v) is 9.95. The second-order valence-corrected chi connectivity index (χ2v) is 11.7. The molecule has 0 spiro atoms. The van der Waals surface area contributed by atoms with Gasteiger partial charge in [-0.25, -0.2) is 0 Å². The Bertz CT molecular complexity index is 761. The molecule has 4 aliphatic carbocycles. The Morgan fingerprint density at radius 2 is 1.55 bits per heavy atom. The zero-order chi connectivity index (χ0) is 22.7. The van der Waals surface area contributed by atoms with Crippen LogP contribution in [-0.4, -0.2) is 29.9 Å². The van der Waals surface area contributed by atoms with E-state index in [2.05, 4.69) is 20.8 Å². The van der Waals surface area contributed by atoms with E-state index >= 15 is 0 Å². The van der Waals surface area contributed by atoms with Crippen LogP contribution in [0.4, 0.5) is 0 Å². The molecule has 0 aromatic heterocycles. The lowest BCUT2D eigenvalue weighted by Crippen LogP contribution is -2.60. The highest BCUT2D eigenvalue weighted by molar-refractivity contribution is 5.80. The molecule has 0 aromatic carbocycles. The van der Waals surface area contributed by atoms with Crippen LogP contribution in [0.2, 0.25) is 0 Å². The van der Waals surface area contributed by atoms with E-state index in [1.165, 1.54) is 13.8 Å². The summed E-state index contributed by atoms with van der Waals surface area (Å²) in [6.45, 7) is 11.7. The van der Waals surface area contributed by atoms with E-state index in [1.807, 2.05) is 0 Å². The number of rotatable bonds is 3. The van der Waals surface area contributed by atoms with E-state index in [0.717, 1.165) is 44.9 Å². The molecule has 5 nitrogen and oxygen atoms in total. The van der Waals surface area contributed by atoms with Crippen molar-refractivity contribution in [2.45, 2.75) is 98.7 Å². The fourth-order valence-electron chi connectivity index (χ4n) is 9.21. The number of ketones is 1. The van der Waals surface area contributed by atoms with Crippen molar-refractivity contribution < 1.29 is 23.9 Å². The van der Waals surface area contributed by atoms with Crippen LogP contribution in [0, 0.1) is 46.3 Å². The smallest absolute Gasteiger partial charge is 0.302 e. The Morgan fingerprint density at radius 3 is 2.16 bits per heavy atom. The molecular weight excluding hydrogens is 392 g/mol. The molecule has 4 unspecified atom stereocenters. The Labute approximate surface area is 187 Å². The van der Waals surface area contributed by atoms with Crippen LogP contribution >= 0.6 is 0 Å². The minimum atomic E-state index is -0.212. The highest BCUT2D eigenvalue weighted by atomic mass is 16.5. The number of carbonyl (C=O) groups is 3. The summed E-state index contributed by atoms with van der Waals surface area (Å²) >= 11 is 0. The summed E-state index contributed by atoms with van der Waals surface area (Å²) in [6.07, 6.45) is 6.84. The Hall–Kier alpha value is -1.39. The third kappa shape index (κ3) is 3.64. The van der Waals surface area contributed by atoms with Crippen LogP contribution in [0.5, 0.6) is 0 Å². The average molecular weight is 433 g/mol. The van der Waals surface area contributed by atoms with Gasteiger partial charge in [-0.05, 0) is 86.4 Å². The molecule has 4 saturated carbocycles. The van der Waals surface area contributed by atoms with Gasteiger partial charge in [0.15, 0.2) is 0 Å². The highest BCUT2D eigenvalue weighted by Crippen LogP contribution is 2.69. The third-order valence-electron chi connectivity index (χ3n) is 9.95. The van der Waals surface area contributed by atoms with Crippen LogP contribution in [0.15, 0.2) is 0 Å². The second kappa shape index (κ2) is 7.88. The van der Waals surface area contributed by atoms with Gasteiger partial charge >= 0.3 is 11.9 Å². The lowest BCUT2D eigenvalue weighted by atomic mass is 9.43. The number of Topliss-reactive ketones (excluding diaryl/α,β-unsaturated/α-hetero) is 1. The van der Waals surface area contributed by atoms with E-state index in [0.29, 0.717) is 35.4 Å². The number of carbonyl (C=O) groups excluding carboxylic acids is 3. The van der Waals surface area contributed by atoms with Crippen LogP contribution in [0.3, 0.4) is 0 Å². The maximum absolute atomic E-state index is 12.7. The quantitative estimate of drug-likeness (QED) is 0.590. The van der Waals surface area contributed by atoms with Gasteiger partial charge in [-0.3, -0.25) is 14.4 Å². The maximum Gasteiger partial charge on any atom is 0.302 e. The molecule has 0 radical (unpaired) electrons. The SMILES string of the molecule is CC(=O)OC1C[C@@]2(C)C(C[C@@H](C)[C@@H]2C(C)=O)[C@@H]2CCC3C[C@H](OC(C)=O)CC[C@]3(C)C12. The van der Waals surface area contributed by atoms with Gasteiger partial charge in [0.05, 0.1) is 0 Å². The van der Waals surface area contributed by atoms with E-state index in [4.69, 9.17) is 9.47 Å². The van der Waals surface area contributed by atoms with Gasteiger partial charge in [-0.1, -0.05) is 20.8 Å². The molecule has 10 atom stereocenters. The molecule has 31 heavy (non-hydrogen) atoms. The Balaban J connectivity index is 1.68. The fourth-order valence-corrected chi connectivity index (χ4v) is 9.21. The summed E-state index contributed by atoms with van der Waals surface area (Å²) in [5, 5.41) is 0. The first-order valence-corrected chi connectivity index (χ1v) is 12.3. The van der Waals surface area contributed by atoms with Gasteiger partial charge in [-0.15, -0.1) is 0 Å². The molecule has 0 heterocycles. The zero-order valence-corrected chi connectivity index (χ0v) is 20.1. The molecule has 5 heteroatoms. The number of esters is 2. The predicted octanol–water partition coefficient (Wildman–Crippen LogP) is 4.95. The largest absolute Gasteiger partial charge is 0.463 e. The molecule has 174 valence electrons. The first-order chi connectivity index (χ1) is 14.5. The van der Waals surface area contributed by atoms with E-state index in [1.54, 1.807) is 6.92 Å². The van der Waals surface area contributed by atoms with Crippen molar-refractivity contribution in [3.8, 4) is 0 Å². The summed E-state index contributed by atoms with van der Waals surface area (Å²) < 4.78 is 11.7. The maximum atomic E-state index is 12.7. The standard InChI is InChI=1S/C26H40O5/c1-14-11-21-20-8-7-18-12-19(30-16(3)28)9-10-25(18,5)24(20)22(31-17(4)29)13-26(21,6)23(14)15(2)27/h14,18-24H,7-13H2,1-6H3/t14-,18?,19-,20+,21?,22?,23-,24?,25+,26+/m1/s1. The topological polar surface area (TPSA) is 69.7 Å². The lowest BCUT2D eigenvalue weighted by Gasteiger charge is -2.62. The minimum Gasteiger partial charge on any atom is -0.463 e. The minimum absolute atomic E-state index is 0.0155. The molecule has 4 fully saturated rings. The molecule has 0 aliphatic heterocycles. The fraction of sp³-hybridized carbons (Fsp3) is 0.885. The van der Waals surface area contributed by atoms with Gasteiger partial charge < -0.3 is 9.47 Å². The lowest BCUT2D eigenvalue weighted by molar-refractivity contribution is -0.200. The van der Waals surface area contributed by atoms with Gasteiger partial charge in [-0.2, -0.15) is 0 Å². The molecule has 0 amide bonds. The number of hydrogen-bond donors (Lipinski definition) is 0. The molecule has 4 aliphatic rings. The zero-order valence-electron chi connectivity index (χ0n) is 20.1. The monoisotopic (exact) mass is 432 g/mol. The highest BCUT2D eigenvalue weighted by Gasteiger charge is 2.66. The molecular formula is C26H40O5. The van der Waals surface area contributed by atoms with Crippen LogP contribution in [0.25, 0.3) is 0 Å². The first kappa shape index (κ1) is 22.8. The molecule has 0 bridgehead atoms. The van der Waals surface area contributed by atoms with Crippen molar-refractivity contribution in [1.82, 2.24) is 0 Å². The average Bonchev–Trinajstić information content (AvgIpc) is 2.90. The van der Waals surface area contributed by atoms with E-state index < -0.39 is 0 Å². The van der Waals surface area contributed by atoms with Crippen LogP contribution in [-0.2, 0) is 23.9 Å². The van der Waals surface area contributed by atoms with Crippen molar-refractivity contribution in [2.75, 3.05) is 0 Å². The van der Waals surface area contributed by atoms with E-state index in [-0.39, 0.29) is 40.9 Å². The van der Waals surface area contributed by atoms with Crippen molar-refractivity contribution in [2.24, 2.45) is 46.3 Å².